The zero-order chi connectivity index (χ0) is 19.8. The van der Waals surface area contributed by atoms with Gasteiger partial charge in [-0.15, -0.1) is 0 Å². The molecule has 2 aromatic rings. The van der Waals surface area contributed by atoms with Gasteiger partial charge in [0.15, 0.2) is 0 Å². The van der Waals surface area contributed by atoms with Gasteiger partial charge in [-0.1, -0.05) is 20.8 Å². The molecule has 0 unspecified atom stereocenters. The third kappa shape index (κ3) is 3.48. The number of benzene rings is 1. The average molecular weight is 380 g/mol. The van der Waals surface area contributed by atoms with Gasteiger partial charge in [0.05, 0.1) is 10.9 Å². The molecule has 2 atom stereocenters. The van der Waals surface area contributed by atoms with E-state index in [1.54, 1.807) is 22.8 Å². The van der Waals surface area contributed by atoms with E-state index < -0.39 is 0 Å². The van der Waals surface area contributed by atoms with Gasteiger partial charge >= 0.3 is 0 Å². The first-order valence-electron chi connectivity index (χ1n) is 10.3. The predicted molar refractivity (Wildman–Crippen MR) is 111 cm³/mol. The summed E-state index contributed by atoms with van der Waals surface area (Å²) in [7, 11) is 0. The molecule has 1 aliphatic heterocycles. The van der Waals surface area contributed by atoms with E-state index >= 15 is 0 Å². The summed E-state index contributed by atoms with van der Waals surface area (Å²) >= 11 is 0. The Bertz CT molecular complexity index is 1010. The maximum Gasteiger partial charge on any atom is 0.271 e. The van der Waals surface area contributed by atoms with Crippen LogP contribution in [0.15, 0.2) is 28.1 Å². The minimum absolute atomic E-state index is 0.0133. The number of carbonyl (C=O) groups is 1. The van der Waals surface area contributed by atoms with Gasteiger partial charge in [-0.2, -0.15) is 5.10 Å². The molecule has 0 bridgehead atoms. The average Bonchev–Trinajstić information content (AvgIpc) is 3.14. The number of hydrazone groups is 1. The number of fused-ring (bicyclic) bond motifs is 2. The lowest BCUT2D eigenvalue weighted by Gasteiger charge is -2.30. The summed E-state index contributed by atoms with van der Waals surface area (Å²) in [4.78, 5) is 29.8. The van der Waals surface area contributed by atoms with Crippen molar-refractivity contribution in [2.24, 2.45) is 22.9 Å². The van der Waals surface area contributed by atoms with Gasteiger partial charge in [0.2, 0.25) is 0 Å². The maximum atomic E-state index is 12.7. The Morgan fingerprint density at radius 1 is 1.32 bits per heavy atom. The normalized spacial score (nSPS) is 23.4. The van der Waals surface area contributed by atoms with Crippen molar-refractivity contribution in [2.75, 3.05) is 0 Å². The summed E-state index contributed by atoms with van der Waals surface area (Å²) < 4.78 is 1.74. The van der Waals surface area contributed by atoms with Crippen molar-refractivity contribution in [3.05, 3.63) is 39.9 Å². The molecule has 1 saturated carbocycles. The standard InChI is InChI=1S/C22H28N4O2/c1-13(2)16-8-6-14(3)11-19(16)24-25-21(27)15-7-9-17-18(12-15)23-20-5-4-10-26(20)22(17)28/h7,9,12-14,16H,4-6,8,10-11H2,1-3H3,(H,25,27)/t14-,16+/m1/s1. The maximum absolute atomic E-state index is 12.7. The Morgan fingerprint density at radius 3 is 2.93 bits per heavy atom. The molecule has 4 rings (SSSR count). The summed E-state index contributed by atoms with van der Waals surface area (Å²) in [6.45, 7) is 7.39. The smallest absolute Gasteiger partial charge is 0.271 e. The van der Waals surface area contributed by atoms with Gasteiger partial charge < -0.3 is 0 Å². The number of rotatable bonds is 3. The molecule has 2 aliphatic rings. The lowest BCUT2D eigenvalue weighted by Crippen LogP contribution is -2.31. The Balaban J connectivity index is 1.59. The minimum Gasteiger partial charge on any atom is -0.296 e. The van der Waals surface area contributed by atoms with E-state index in [1.807, 2.05) is 0 Å². The number of hydrogen-bond donors (Lipinski definition) is 1. The third-order valence-corrected chi connectivity index (χ3v) is 6.14. The lowest BCUT2D eigenvalue weighted by molar-refractivity contribution is 0.0954. The Hall–Kier alpha value is -2.50. The van der Waals surface area contributed by atoms with E-state index in [0.717, 1.165) is 43.8 Å². The van der Waals surface area contributed by atoms with Gasteiger partial charge in [-0.25, -0.2) is 10.4 Å². The quantitative estimate of drug-likeness (QED) is 0.828. The Kier molecular flexibility index (Phi) is 5.04. The monoisotopic (exact) mass is 380 g/mol. The molecule has 0 radical (unpaired) electrons. The van der Waals surface area contributed by atoms with Crippen LogP contribution in [0, 0.1) is 17.8 Å². The molecule has 0 saturated heterocycles. The number of carbonyl (C=O) groups excluding carboxylic acids is 1. The van der Waals surface area contributed by atoms with E-state index in [9.17, 15) is 9.59 Å². The van der Waals surface area contributed by atoms with Crippen LogP contribution >= 0.6 is 0 Å². The number of nitrogens with one attached hydrogen (secondary N) is 1. The van der Waals surface area contributed by atoms with Crippen molar-refractivity contribution in [2.45, 2.75) is 59.4 Å². The van der Waals surface area contributed by atoms with E-state index in [1.165, 1.54) is 6.42 Å². The number of nitrogens with zero attached hydrogens (tertiary/aromatic N) is 3. The predicted octanol–water partition coefficient (Wildman–Crippen LogP) is 3.52. The fourth-order valence-electron chi connectivity index (χ4n) is 4.50. The molecule has 1 aromatic carbocycles. The fraction of sp³-hybridized carbons (Fsp3) is 0.545. The summed E-state index contributed by atoms with van der Waals surface area (Å²) in [5.74, 6) is 2.11. The van der Waals surface area contributed by atoms with Crippen molar-refractivity contribution < 1.29 is 4.79 Å². The molecule has 1 amide bonds. The van der Waals surface area contributed by atoms with Crippen LogP contribution in [-0.4, -0.2) is 21.2 Å². The SMILES string of the molecule is CC(C)[C@@H]1CC[C@@H](C)CC1=NNC(=O)c1ccc2c(=O)n3c(nc2c1)CCC3. The van der Waals surface area contributed by atoms with Crippen LogP contribution in [0.5, 0.6) is 0 Å². The molecule has 6 heteroatoms. The number of hydrogen-bond acceptors (Lipinski definition) is 4. The number of aryl methyl sites for hydroxylation is 1. The third-order valence-electron chi connectivity index (χ3n) is 6.14. The molecule has 1 fully saturated rings. The zero-order valence-corrected chi connectivity index (χ0v) is 16.9. The zero-order valence-electron chi connectivity index (χ0n) is 16.9. The molecule has 1 aromatic heterocycles. The van der Waals surface area contributed by atoms with E-state index in [0.29, 0.717) is 34.2 Å². The van der Waals surface area contributed by atoms with Gasteiger partial charge in [0.1, 0.15) is 5.82 Å². The fourth-order valence-corrected chi connectivity index (χ4v) is 4.50. The minimum atomic E-state index is -0.252. The summed E-state index contributed by atoms with van der Waals surface area (Å²) in [6.07, 6.45) is 5.03. The first-order chi connectivity index (χ1) is 13.4. The molecular formula is C22H28N4O2. The van der Waals surface area contributed by atoms with Crippen molar-refractivity contribution in [3.8, 4) is 0 Å². The Labute approximate surface area is 165 Å². The highest BCUT2D eigenvalue weighted by Crippen LogP contribution is 2.31. The van der Waals surface area contributed by atoms with Crippen LogP contribution in [0.2, 0.25) is 0 Å². The summed E-state index contributed by atoms with van der Waals surface area (Å²) in [5.41, 5.74) is 4.90. The topological polar surface area (TPSA) is 76.3 Å². The van der Waals surface area contributed by atoms with Gasteiger partial charge in [-0.05, 0) is 55.7 Å². The van der Waals surface area contributed by atoms with E-state index in [2.05, 4.69) is 36.3 Å². The molecular weight excluding hydrogens is 352 g/mol. The van der Waals surface area contributed by atoms with Crippen LogP contribution in [0.4, 0.5) is 0 Å². The van der Waals surface area contributed by atoms with Crippen molar-refractivity contribution in [1.82, 2.24) is 15.0 Å². The van der Waals surface area contributed by atoms with Crippen LogP contribution in [0.3, 0.4) is 0 Å². The van der Waals surface area contributed by atoms with Crippen molar-refractivity contribution in [1.29, 1.82) is 0 Å². The van der Waals surface area contributed by atoms with Crippen LogP contribution < -0.4 is 11.0 Å². The molecule has 6 nitrogen and oxygen atoms in total. The highest BCUT2D eigenvalue weighted by Gasteiger charge is 2.27. The van der Waals surface area contributed by atoms with E-state index in [-0.39, 0.29) is 11.5 Å². The van der Waals surface area contributed by atoms with Gasteiger partial charge in [0.25, 0.3) is 11.5 Å². The highest BCUT2D eigenvalue weighted by atomic mass is 16.2. The highest BCUT2D eigenvalue weighted by molar-refractivity contribution is 5.98. The summed E-state index contributed by atoms with van der Waals surface area (Å²) in [5, 5.41) is 5.06. The number of aromatic nitrogens is 2. The second kappa shape index (κ2) is 7.49. The van der Waals surface area contributed by atoms with Crippen molar-refractivity contribution >= 4 is 22.5 Å². The van der Waals surface area contributed by atoms with Gasteiger partial charge in [-0.3, -0.25) is 14.2 Å². The molecule has 0 spiro atoms. The first kappa shape index (κ1) is 18.8. The van der Waals surface area contributed by atoms with Crippen LogP contribution in [-0.2, 0) is 13.0 Å². The first-order valence-corrected chi connectivity index (χ1v) is 10.3. The summed E-state index contributed by atoms with van der Waals surface area (Å²) in [6, 6.07) is 5.10. The van der Waals surface area contributed by atoms with Crippen LogP contribution in [0.1, 0.15) is 62.6 Å². The van der Waals surface area contributed by atoms with Crippen LogP contribution in [0.25, 0.3) is 10.9 Å². The molecule has 1 N–H and O–H groups in total. The number of amides is 1. The van der Waals surface area contributed by atoms with Crippen molar-refractivity contribution in [3.63, 3.8) is 0 Å². The second-order valence-corrected chi connectivity index (χ2v) is 8.60. The molecule has 1 aliphatic carbocycles. The second-order valence-electron chi connectivity index (χ2n) is 8.60. The lowest BCUT2D eigenvalue weighted by atomic mass is 9.76. The molecule has 148 valence electrons. The van der Waals surface area contributed by atoms with E-state index in [4.69, 9.17) is 0 Å². The van der Waals surface area contributed by atoms with Gasteiger partial charge in [0, 0.05) is 30.2 Å². The molecule has 2 heterocycles. The molecule has 28 heavy (non-hydrogen) atoms. The largest absolute Gasteiger partial charge is 0.296 e. The Morgan fingerprint density at radius 2 is 2.14 bits per heavy atom.